The number of nitrogens with zero attached hydrogens (tertiary/aromatic N) is 8. The summed E-state index contributed by atoms with van der Waals surface area (Å²) in [6.07, 6.45) is 7.03. The lowest BCUT2D eigenvalue weighted by Gasteiger charge is -2.13. The third kappa shape index (κ3) is 2.82. The average molecular weight is 344 g/mol. The van der Waals surface area contributed by atoms with Gasteiger partial charge in [-0.1, -0.05) is 5.16 Å². The Balaban J connectivity index is 1.63. The predicted molar refractivity (Wildman–Crippen MR) is 87.6 cm³/mol. The van der Waals surface area contributed by atoms with Crippen LogP contribution in [0.25, 0.3) is 23.0 Å². The molecule has 1 fully saturated rings. The fourth-order valence-electron chi connectivity index (χ4n) is 2.84. The van der Waals surface area contributed by atoms with Crippen molar-refractivity contribution < 1.29 is 4.52 Å². The highest BCUT2D eigenvalue weighted by Crippen LogP contribution is 2.30. The van der Waals surface area contributed by atoms with E-state index in [1.165, 1.54) is 0 Å². The molecular formula is C17H12N8O. The second kappa shape index (κ2) is 6.57. The molecule has 0 amide bonds. The van der Waals surface area contributed by atoms with Crippen LogP contribution in [0.1, 0.15) is 30.4 Å². The zero-order valence-electron chi connectivity index (χ0n) is 13.6. The number of nitriles is 2. The molecule has 0 aromatic carbocycles. The van der Waals surface area contributed by atoms with E-state index in [-0.39, 0.29) is 11.9 Å². The molecule has 1 aliphatic rings. The fraction of sp³-hybridized carbons (Fsp3) is 0.235. The van der Waals surface area contributed by atoms with Crippen LogP contribution in [0, 0.1) is 22.8 Å². The van der Waals surface area contributed by atoms with Gasteiger partial charge in [-0.2, -0.15) is 15.5 Å². The molecule has 9 heteroatoms. The van der Waals surface area contributed by atoms with Crippen molar-refractivity contribution in [2.75, 3.05) is 6.54 Å². The largest absolute Gasteiger partial charge is 0.332 e. The Bertz CT molecular complexity index is 1010. The molecule has 0 spiro atoms. The first-order valence-corrected chi connectivity index (χ1v) is 7.98. The number of pyridine rings is 1. The lowest BCUT2D eigenvalue weighted by molar-refractivity contribution is 0.339. The normalized spacial score (nSPS) is 16.2. The molecule has 4 heterocycles. The van der Waals surface area contributed by atoms with Gasteiger partial charge in [0.2, 0.25) is 0 Å². The standard InChI is InChI=1S/C17H12N8O/c18-8-12-4-3-11(9-21-12)15-20-6-5-13(22-15)17-23-16(24-26-17)14-2-1-7-25(14)10-19/h3-6,9,14H,1-2,7H2. The van der Waals surface area contributed by atoms with Crippen molar-refractivity contribution in [1.29, 1.82) is 10.5 Å². The van der Waals surface area contributed by atoms with Gasteiger partial charge in [-0.05, 0) is 31.0 Å². The van der Waals surface area contributed by atoms with E-state index in [1.807, 2.05) is 6.07 Å². The minimum atomic E-state index is -0.151. The van der Waals surface area contributed by atoms with E-state index < -0.39 is 0 Å². The third-order valence-electron chi connectivity index (χ3n) is 4.13. The van der Waals surface area contributed by atoms with E-state index in [9.17, 15) is 0 Å². The molecule has 3 aromatic rings. The van der Waals surface area contributed by atoms with Crippen molar-refractivity contribution in [3.63, 3.8) is 0 Å². The molecule has 1 unspecified atom stereocenters. The highest BCUT2D eigenvalue weighted by Gasteiger charge is 2.29. The summed E-state index contributed by atoms with van der Waals surface area (Å²) < 4.78 is 5.34. The smallest absolute Gasteiger partial charge is 0.276 e. The number of hydrogen-bond donors (Lipinski definition) is 0. The molecule has 0 bridgehead atoms. The predicted octanol–water partition coefficient (Wildman–Crippen LogP) is 2.08. The zero-order chi connectivity index (χ0) is 17.9. The summed E-state index contributed by atoms with van der Waals surface area (Å²) >= 11 is 0. The van der Waals surface area contributed by atoms with Gasteiger partial charge in [0.15, 0.2) is 17.8 Å². The van der Waals surface area contributed by atoms with Gasteiger partial charge in [-0.15, -0.1) is 0 Å². The summed E-state index contributed by atoms with van der Waals surface area (Å²) in [5.41, 5.74) is 1.49. The lowest BCUT2D eigenvalue weighted by Crippen LogP contribution is -2.17. The van der Waals surface area contributed by atoms with Crippen molar-refractivity contribution in [3.05, 3.63) is 42.1 Å². The number of aromatic nitrogens is 5. The Hall–Kier alpha value is -3.85. The number of likely N-dealkylation sites (tertiary alicyclic amines) is 1. The van der Waals surface area contributed by atoms with Gasteiger partial charge in [0.25, 0.3) is 5.89 Å². The molecule has 1 saturated heterocycles. The monoisotopic (exact) mass is 344 g/mol. The maximum absolute atomic E-state index is 9.16. The van der Waals surface area contributed by atoms with Gasteiger partial charge in [-0.3, -0.25) is 4.90 Å². The highest BCUT2D eigenvalue weighted by atomic mass is 16.5. The van der Waals surface area contributed by atoms with Crippen LogP contribution in [-0.2, 0) is 0 Å². The van der Waals surface area contributed by atoms with E-state index in [4.69, 9.17) is 15.0 Å². The molecule has 0 N–H and O–H groups in total. The zero-order valence-corrected chi connectivity index (χ0v) is 13.6. The SMILES string of the molecule is N#Cc1ccc(-c2nccc(-c3nc(C4CCCN4C#N)no3)n2)cn1. The van der Waals surface area contributed by atoms with Crippen LogP contribution in [0.3, 0.4) is 0 Å². The van der Waals surface area contributed by atoms with Gasteiger partial charge >= 0.3 is 0 Å². The minimum absolute atomic E-state index is 0.151. The Labute approximate surface area is 148 Å². The maximum Gasteiger partial charge on any atom is 0.276 e. The average Bonchev–Trinajstić information content (AvgIpc) is 3.37. The van der Waals surface area contributed by atoms with Crippen molar-refractivity contribution in [2.45, 2.75) is 18.9 Å². The number of hydrogen-bond acceptors (Lipinski definition) is 9. The van der Waals surface area contributed by atoms with Crippen LogP contribution in [0.4, 0.5) is 0 Å². The van der Waals surface area contributed by atoms with Crippen LogP contribution < -0.4 is 0 Å². The van der Waals surface area contributed by atoms with Crippen molar-refractivity contribution in [2.24, 2.45) is 0 Å². The summed E-state index contributed by atoms with van der Waals surface area (Å²) in [7, 11) is 0. The molecule has 1 aliphatic heterocycles. The molecular weight excluding hydrogens is 332 g/mol. The van der Waals surface area contributed by atoms with Gasteiger partial charge < -0.3 is 4.52 Å². The second-order valence-electron chi connectivity index (χ2n) is 5.72. The Morgan fingerprint density at radius 2 is 2.08 bits per heavy atom. The van der Waals surface area contributed by atoms with Crippen molar-refractivity contribution >= 4 is 0 Å². The molecule has 0 saturated carbocycles. The Morgan fingerprint density at radius 1 is 1.15 bits per heavy atom. The van der Waals surface area contributed by atoms with E-state index in [1.54, 1.807) is 35.5 Å². The molecule has 9 nitrogen and oxygen atoms in total. The van der Waals surface area contributed by atoms with Crippen LogP contribution in [0.5, 0.6) is 0 Å². The van der Waals surface area contributed by atoms with Crippen LogP contribution >= 0.6 is 0 Å². The van der Waals surface area contributed by atoms with Crippen molar-refractivity contribution in [3.8, 4) is 35.2 Å². The van der Waals surface area contributed by atoms with E-state index in [0.717, 1.165) is 12.8 Å². The summed E-state index contributed by atoms with van der Waals surface area (Å²) in [6, 6.07) is 6.83. The maximum atomic E-state index is 9.16. The van der Waals surface area contributed by atoms with Gasteiger partial charge in [-0.25, -0.2) is 15.0 Å². The Kier molecular flexibility index (Phi) is 3.96. The quantitative estimate of drug-likeness (QED) is 0.655. The van der Waals surface area contributed by atoms with Gasteiger partial charge in [0, 0.05) is 24.5 Å². The minimum Gasteiger partial charge on any atom is -0.332 e. The van der Waals surface area contributed by atoms with Crippen LogP contribution in [0.2, 0.25) is 0 Å². The first-order chi connectivity index (χ1) is 12.8. The summed E-state index contributed by atoms with van der Waals surface area (Å²) in [5, 5.41) is 22.0. The third-order valence-corrected chi connectivity index (χ3v) is 4.13. The van der Waals surface area contributed by atoms with Crippen LogP contribution in [-0.4, -0.2) is 36.5 Å². The number of rotatable bonds is 3. The molecule has 26 heavy (non-hydrogen) atoms. The molecule has 1 atom stereocenters. The van der Waals surface area contributed by atoms with E-state index in [0.29, 0.717) is 35.1 Å². The van der Waals surface area contributed by atoms with E-state index in [2.05, 4.69) is 31.3 Å². The summed E-state index contributed by atoms with van der Waals surface area (Å²) in [5.74, 6) is 1.20. The second-order valence-corrected chi connectivity index (χ2v) is 5.72. The van der Waals surface area contributed by atoms with Gasteiger partial charge in [0.05, 0.1) is 0 Å². The molecule has 3 aromatic heterocycles. The van der Waals surface area contributed by atoms with E-state index >= 15 is 0 Å². The van der Waals surface area contributed by atoms with Crippen LogP contribution in [0.15, 0.2) is 35.1 Å². The van der Waals surface area contributed by atoms with Crippen molar-refractivity contribution in [1.82, 2.24) is 30.0 Å². The molecule has 0 aliphatic carbocycles. The topological polar surface area (TPSA) is 128 Å². The lowest BCUT2D eigenvalue weighted by atomic mass is 10.2. The molecule has 0 radical (unpaired) electrons. The highest BCUT2D eigenvalue weighted by molar-refractivity contribution is 5.58. The summed E-state index contributed by atoms with van der Waals surface area (Å²) in [6.45, 7) is 0.703. The van der Waals surface area contributed by atoms with Gasteiger partial charge in [0.1, 0.15) is 23.5 Å². The molecule has 4 rings (SSSR count). The summed E-state index contributed by atoms with van der Waals surface area (Å²) in [4.78, 5) is 18.7. The molecule has 126 valence electrons. The fourth-order valence-corrected chi connectivity index (χ4v) is 2.84. The first-order valence-electron chi connectivity index (χ1n) is 7.98. The Morgan fingerprint density at radius 3 is 2.85 bits per heavy atom. The first kappa shape index (κ1) is 15.7.